The van der Waals surface area contributed by atoms with Crippen molar-refractivity contribution in [2.24, 2.45) is 5.92 Å². The number of nitrogens with zero attached hydrogens (tertiary/aromatic N) is 2. The Morgan fingerprint density at radius 2 is 1.62 bits per heavy atom. The van der Waals surface area contributed by atoms with Gasteiger partial charge in [-0.15, -0.1) is 0 Å². The maximum Gasteiger partial charge on any atom is 0.306 e. The second-order valence-corrected chi connectivity index (χ2v) is 13.5. The van der Waals surface area contributed by atoms with E-state index in [1.54, 1.807) is 43.7 Å². The van der Waals surface area contributed by atoms with E-state index < -0.39 is 23.7 Å². The lowest BCUT2D eigenvalue weighted by atomic mass is 9.83. The number of likely N-dealkylation sites (tertiary alicyclic amines) is 1. The summed E-state index contributed by atoms with van der Waals surface area (Å²) in [6.45, 7) is 16.6. The van der Waals surface area contributed by atoms with Gasteiger partial charge in [0.1, 0.15) is 11.6 Å². The number of Topliss-reactive ketones (excluding diaryl/α,β-unsaturated/α-hetero) is 1. The average Bonchev–Trinajstić information content (AvgIpc) is 2.97. The number of rotatable bonds is 15. The molecular weight excluding hydrogens is 595 g/mol. The lowest BCUT2D eigenvalue weighted by Crippen LogP contribution is -2.38. The summed E-state index contributed by atoms with van der Waals surface area (Å²) in [6.07, 6.45) is 4.04. The monoisotopic (exact) mass is 646 g/mol. The molecule has 7 nitrogen and oxygen atoms in total. The number of carbonyl (C=O) groups is 2. The Morgan fingerprint density at radius 1 is 0.936 bits per heavy atom. The van der Waals surface area contributed by atoms with E-state index in [0.29, 0.717) is 17.5 Å². The van der Waals surface area contributed by atoms with Crippen molar-refractivity contribution < 1.29 is 23.5 Å². The van der Waals surface area contributed by atoms with Gasteiger partial charge in [0.15, 0.2) is 5.78 Å². The third kappa shape index (κ3) is 8.78. The highest BCUT2D eigenvalue weighted by Gasteiger charge is 2.30. The first kappa shape index (κ1) is 36.1. The van der Waals surface area contributed by atoms with Crippen LogP contribution in [-0.4, -0.2) is 54.6 Å². The summed E-state index contributed by atoms with van der Waals surface area (Å²) in [6, 6.07) is 8.33. The van der Waals surface area contributed by atoms with Crippen LogP contribution >= 0.6 is 0 Å². The van der Waals surface area contributed by atoms with Gasteiger partial charge in [-0.25, -0.2) is 4.39 Å². The molecule has 3 aromatic rings. The molecule has 2 heterocycles. The van der Waals surface area contributed by atoms with Gasteiger partial charge < -0.3 is 18.9 Å². The number of benzene rings is 2. The number of pyridine rings is 1. The van der Waals surface area contributed by atoms with Crippen molar-refractivity contribution in [3.05, 3.63) is 86.1 Å². The molecule has 0 aliphatic carbocycles. The summed E-state index contributed by atoms with van der Waals surface area (Å²) < 4.78 is 28.4. The molecule has 1 aromatic heterocycles. The molecule has 0 radical (unpaired) electrons. The van der Waals surface area contributed by atoms with Crippen molar-refractivity contribution in [1.82, 2.24) is 9.47 Å². The van der Waals surface area contributed by atoms with Crippen LogP contribution in [0.4, 0.5) is 4.39 Å². The van der Waals surface area contributed by atoms with E-state index in [1.165, 1.54) is 6.42 Å². The number of methoxy groups -OCH3 is 1. The number of ether oxygens (including phenoxy) is 2. The fourth-order valence-electron chi connectivity index (χ4n) is 6.75. The highest BCUT2D eigenvalue weighted by molar-refractivity contribution is 5.84. The topological polar surface area (TPSA) is 77.8 Å². The molecule has 2 aromatic carbocycles. The van der Waals surface area contributed by atoms with Crippen LogP contribution in [0.15, 0.2) is 41.3 Å². The quantitative estimate of drug-likeness (QED) is 0.160. The molecule has 1 fully saturated rings. The van der Waals surface area contributed by atoms with Crippen molar-refractivity contribution in [1.29, 1.82) is 0 Å². The van der Waals surface area contributed by atoms with Gasteiger partial charge in [0.2, 0.25) is 0 Å². The molecule has 0 amide bonds. The summed E-state index contributed by atoms with van der Waals surface area (Å²) >= 11 is 0. The minimum Gasteiger partial charge on any atom is -0.497 e. The van der Waals surface area contributed by atoms with E-state index in [9.17, 15) is 14.4 Å². The van der Waals surface area contributed by atoms with Gasteiger partial charge >= 0.3 is 5.97 Å². The smallest absolute Gasteiger partial charge is 0.306 e. The molecule has 4 rings (SSSR count). The second kappa shape index (κ2) is 15.9. The molecule has 254 valence electrons. The Kier molecular flexibility index (Phi) is 12.2. The van der Waals surface area contributed by atoms with Crippen molar-refractivity contribution >= 4 is 11.8 Å². The summed E-state index contributed by atoms with van der Waals surface area (Å²) in [5, 5.41) is 0. The zero-order chi connectivity index (χ0) is 34.4. The van der Waals surface area contributed by atoms with Crippen molar-refractivity contribution in [2.75, 3.05) is 33.4 Å². The van der Waals surface area contributed by atoms with E-state index >= 15 is 4.39 Å². The number of ketones is 1. The Morgan fingerprint density at radius 3 is 2.19 bits per heavy atom. The SMILES string of the molecule is CCOC(=O)C[C@H](CC(=O)C(CC(C)C)n1cc(CCN2CCC2)c(C)cc1=O)c1cc(-c2c(C)cc(OC)cc2C)cc(C)c1F. The number of esters is 1. The van der Waals surface area contributed by atoms with Crippen molar-refractivity contribution in [3.8, 4) is 16.9 Å². The number of hydrogen-bond donors (Lipinski definition) is 0. The van der Waals surface area contributed by atoms with Gasteiger partial charge in [-0.2, -0.15) is 0 Å². The van der Waals surface area contributed by atoms with Gasteiger partial charge in [0.05, 0.1) is 26.2 Å². The predicted molar refractivity (Wildman–Crippen MR) is 185 cm³/mol. The Bertz CT molecular complexity index is 1630. The zero-order valence-corrected chi connectivity index (χ0v) is 29.4. The summed E-state index contributed by atoms with van der Waals surface area (Å²) in [5.74, 6) is -1.06. The Labute approximate surface area is 279 Å². The number of aryl methyl sites for hydroxylation is 4. The summed E-state index contributed by atoms with van der Waals surface area (Å²) in [5.41, 5.74) is 6.14. The Hall–Kier alpha value is -3.78. The van der Waals surface area contributed by atoms with Gasteiger partial charge in [-0.05, 0) is 142 Å². The van der Waals surface area contributed by atoms with E-state index in [4.69, 9.17) is 9.47 Å². The largest absolute Gasteiger partial charge is 0.497 e. The fraction of sp³-hybridized carbons (Fsp3) is 0.513. The molecule has 0 saturated carbocycles. The highest BCUT2D eigenvalue weighted by Crippen LogP contribution is 2.37. The van der Waals surface area contributed by atoms with Crippen LogP contribution < -0.4 is 10.3 Å². The molecule has 1 unspecified atom stereocenters. The number of carbonyl (C=O) groups excluding carboxylic acids is 2. The second-order valence-electron chi connectivity index (χ2n) is 13.5. The van der Waals surface area contributed by atoms with Crippen LogP contribution in [0, 0.1) is 39.4 Å². The first-order valence-corrected chi connectivity index (χ1v) is 16.9. The molecule has 47 heavy (non-hydrogen) atoms. The Balaban J connectivity index is 1.76. The predicted octanol–water partition coefficient (Wildman–Crippen LogP) is 7.43. The van der Waals surface area contributed by atoms with Crippen molar-refractivity contribution in [2.45, 2.75) is 92.5 Å². The van der Waals surface area contributed by atoms with Crippen LogP contribution in [0.25, 0.3) is 11.1 Å². The van der Waals surface area contributed by atoms with Crippen LogP contribution in [-0.2, 0) is 20.7 Å². The van der Waals surface area contributed by atoms with E-state index in [2.05, 4.69) is 4.90 Å². The molecule has 8 heteroatoms. The maximum atomic E-state index is 16.1. The molecule has 0 bridgehead atoms. The van der Waals surface area contributed by atoms with Gasteiger partial charge in [-0.3, -0.25) is 14.4 Å². The van der Waals surface area contributed by atoms with Gasteiger partial charge in [0, 0.05) is 31.1 Å². The molecule has 1 aliphatic heterocycles. The molecule has 0 spiro atoms. The van der Waals surface area contributed by atoms with Crippen molar-refractivity contribution in [3.63, 3.8) is 0 Å². The van der Waals surface area contributed by atoms with E-state index in [1.807, 2.05) is 52.9 Å². The summed E-state index contributed by atoms with van der Waals surface area (Å²) in [4.78, 5) is 43.1. The molecule has 1 saturated heterocycles. The number of halogens is 1. The maximum absolute atomic E-state index is 16.1. The minimum atomic E-state index is -0.777. The van der Waals surface area contributed by atoms with Crippen LogP contribution in [0.5, 0.6) is 5.75 Å². The lowest BCUT2D eigenvalue weighted by molar-refractivity contribution is -0.143. The first-order valence-electron chi connectivity index (χ1n) is 16.9. The zero-order valence-electron chi connectivity index (χ0n) is 29.4. The minimum absolute atomic E-state index is 0.111. The molecule has 2 atom stereocenters. The van der Waals surface area contributed by atoms with E-state index in [0.717, 1.165) is 65.2 Å². The highest BCUT2D eigenvalue weighted by atomic mass is 19.1. The van der Waals surface area contributed by atoms with Crippen LogP contribution in [0.2, 0.25) is 0 Å². The standard InChI is InChI=1S/C39H51FN2O5/c1-9-47-37(45)22-30(33-20-31(16-28(7)39(33)40)38-26(5)17-32(46-8)18-27(38)6)21-35(43)34(15-24(2)3)42-23-29(25(4)19-36(42)44)11-14-41-12-10-13-41/h16-20,23-24,30,34H,9-15,21-22H2,1-8H3/t30-,34?/m0/s1. The lowest BCUT2D eigenvalue weighted by Gasteiger charge is -2.31. The third-order valence-electron chi connectivity index (χ3n) is 9.36. The third-order valence-corrected chi connectivity index (χ3v) is 9.36. The normalized spacial score (nSPS) is 14.5. The van der Waals surface area contributed by atoms with Crippen LogP contribution in [0.3, 0.4) is 0 Å². The number of aromatic nitrogens is 1. The average molecular weight is 647 g/mol. The van der Waals surface area contributed by atoms with Gasteiger partial charge in [-0.1, -0.05) is 13.8 Å². The first-order chi connectivity index (χ1) is 22.3. The summed E-state index contributed by atoms with van der Waals surface area (Å²) in [7, 11) is 1.62. The molecule has 1 aliphatic rings. The molecular formula is C39H51FN2O5. The van der Waals surface area contributed by atoms with Gasteiger partial charge in [0.25, 0.3) is 5.56 Å². The molecule has 0 N–H and O–H groups in total. The van der Waals surface area contributed by atoms with E-state index in [-0.39, 0.29) is 36.7 Å². The van der Waals surface area contributed by atoms with Crippen LogP contribution in [0.1, 0.15) is 91.8 Å². The fourth-order valence-corrected chi connectivity index (χ4v) is 6.75. The number of hydrogen-bond acceptors (Lipinski definition) is 6.